The van der Waals surface area contributed by atoms with E-state index in [1.54, 1.807) is 19.2 Å². The molecule has 102 valence electrons. The average molecular weight is 332 g/mol. The van der Waals surface area contributed by atoms with E-state index in [0.717, 1.165) is 15.2 Å². The summed E-state index contributed by atoms with van der Waals surface area (Å²) in [7, 11) is 1.55. The molecule has 2 rings (SSSR count). The number of hydrogen-bond acceptors (Lipinski definition) is 1. The van der Waals surface area contributed by atoms with Gasteiger partial charge < -0.3 is 5.32 Å². The number of halogens is 4. The fourth-order valence-corrected chi connectivity index (χ4v) is 2.67. The molecular weight excluding hydrogens is 319 g/mol. The quantitative estimate of drug-likeness (QED) is 0.850. The van der Waals surface area contributed by atoms with Gasteiger partial charge in [-0.3, -0.25) is 0 Å². The van der Waals surface area contributed by atoms with Crippen LogP contribution in [0.4, 0.5) is 13.2 Å². The van der Waals surface area contributed by atoms with Crippen LogP contribution >= 0.6 is 15.9 Å². The lowest BCUT2D eigenvalue weighted by atomic mass is 9.96. The summed E-state index contributed by atoms with van der Waals surface area (Å²) in [5.74, 6) is 0. The molecule has 0 aliphatic heterocycles. The van der Waals surface area contributed by atoms with Crippen LogP contribution in [0.5, 0.6) is 0 Å². The number of nitrogens with one attached hydrogen (secondary N) is 1. The van der Waals surface area contributed by atoms with E-state index in [4.69, 9.17) is 0 Å². The second-order valence-corrected chi connectivity index (χ2v) is 5.20. The monoisotopic (exact) mass is 331 g/mol. The lowest BCUT2D eigenvalue weighted by molar-refractivity contribution is -0.140. The topological polar surface area (TPSA) is 12.0 Å². The maximum atomic E-state index is 12.6. The molecular formula is C14H13BrF3N. The Kier molecular flexibility index (Phi) is 4.16. The second-order valence-electron chi connectivity index (χ2n) is 4.34. The number of hydrogen-bond donors (Lipinski definition) is 1. The van der Waals surface area contributed by atoms with Gasteiger partial charge in [-0.2, -0.15) is 13.2 Å². The van der Waals surface area contributed by atoms with Crippen LogP contribution in [0, 0.1) is 0 Å². The summed E-state index contributed by atoms with van der Waals surface area (Å²) in [6.07, 6.45) is -5.07. The summed E-state index contributed by atoms with van der Waals surface area (Å²) >= 11 is 3.42. The van der Waals surface area contributed by atoms with E-state index in [0.29, 0.717) is 5.56 Å². The van der Waals surface area contributed by atoms with Crippen molar-refractivity contribution < 1.29 is 13.2 Å². The maximum Gasteiger partial charge on any atom is 0.390 e. The minimum atomic E-state index is -4.19. The molecule has 5 heteroatoms. The second kappa shape index (κ2) is 5.51. The van der Waals surface area contributed by atoms with Gasteiger partial charge in [-0.25, -0.2) is 0 Å². The van der Waals surface area contributed by atoms with Crippen LogP contribution in [-0.4, -0.2) is 13.2 Å². The third-order valence-corrected chi connectivity index (χ3v) is 3.76. The first kappa shape index (κ1) is 14.3. The van der Waals surface area contributed by atoms with Gasteiger partial charge >= 0.3 is 6.18 Å². The predicted octanol–water partition coefficient (Wildman–Crippen LogP) is 4.82. The minimum Gasteiger partial charge on any atom is -0.313 e. The molecule has 0 heterocycles. The van der Waals surface area contributed by atoms with Gasteiger partial charge in [0.1, 0.15) is 0 Å². The van der Waals surface area contributed by atoms with Crippen molar-refractivity contribution in [1.29, 1.82) is 0 Å². The molecule has 0 amide bonds. The zero-order valence-electron chi connectivity index (χ0n) is 10.3. The van der Waals surface area contributed by atoms with Crippen LogP contribution in [0.15, 0.2) is 40.9 Å². The zero-order chi connectivity index (χ0) is 14.0. The van der Waals surface area contributed by atoms with E-state index >= 15 is 0 Å². The Bertz CT molecular complexity index is 580. The smallest absolute Gasteiger partial charge is 0.313 e. The van der Waals surface area contributed by atoms with Crippen molar-refractivity contribution in [3.8, 4) is 0 Å². The van der Waals surface area contributed by atoms with Crippen LogP contribution in [0.2, 0.25) is 0 Å². The fraction of sp³-hybridized carbons (Fsp3) is 0.286. The van der Waals surface area contributed by atoms with Crippen molar-refractivity contribution >= 4 is 26.7 Å². The molecule has 0 saturated heterocycles. The highest BCUT2D eigenvalue weighted by Crippen LogP contribution is 2.35. The van der Waals surface area contributed by atoms with Crippen molar-refractivity contribution in [2.45, 2.75) is 18.6 Å². The molecule has 0 spiro atoms. The summed E-state index contributed by atoms with van der Waals surface area (Å²) in [6, 6.07) is 10.2. The van der Waals surface area contributed by atoms with Gasteiger partial charge in [-0.1, -0.05) is 46.3 Å². The van der Waals surface area contributed by atoms with Gasteiger partial charge in [0.05, 0.1) is 6.42 Å². The van der Waals surface area contributed by atoms with Crippen LogP contribution in [0.25, 0.3) is 10.8 Å². The van der Waals surface area contributed by atoms with Crippen molar-refractivity contribution in [1.82, 2.24) is 5.32 Å². The lowest BCUT2D eigenvalue weighted by Gasteiger charge is -2.20. The van der Waals surface area contributed by atoms with E-state index < -0.39 is 18.6 Å². The molecule has 0 bridgehead atoms. The van der Waals surface area contributed by atoms with E-state index in [2.05, 4.69) is 21.2 Å². The molecule has 1 nitrogen and oxygen atoms in total. The molecule has 2 aromatic carbocycles. The standard InChI is InChI=1S/C14H13BrF3N/c1-19-13(8-14(16,17)18)11-6-7-12(15)10-5-3-2-4-9(10)11/h2-7,13,19H,8H2,1H3. The SMILES string of the molecule is CNC(CC(F)(F)F)c1ccc(Br)c2ccccc12. The van der Waals surface area contributed by atoms with E-state index in [9.17, 15) is 13.2 Å². The first-order valence-electron chi connectivity index (χ1n) is 5.83. The average Bonchev–Trinajstić information content (AvgIpc) is 2.36. The summed E-state index contributed by atoms with van der Waals surface area (Å²) in [4.78, 5) is 0. The molecule has 0 aromatic heterocycles. The zero-order valence-corrected chi connectivity index (χ0v) is 11.8. The maximum absolute atomic E-state index is 12.6. The van der Waals surface area contributed by atoms with Crippen molar-refractivity contribution in [3.05, 3.63) is 46.4 Å². The lowest BCUT2D eigenvalue weighted by Crippen LogP contribution is -2.23. The molecule has 2 aromatic rings. The highest BCUT2D eigenvalue weighted by Gasteiger charge is 2.32. The Balaban J connectivity index is 2.52. The number of benzene rings is 2. The Morgan fingerprint density at radius 3 is 2.32 bits per heavy atom. The summed E-state index contributed by atoms with van der Waals surface area (Å²) in [5.41, 5.74) is 0.665. The predicted molar refractivity (Wildman–Crippen MR) is 74.1 cm³/mol. The largest absolute Gasteiger partial charge is 0.390 e. The molecule has 0 aliphatic rings. The van der Waals surface area contributed by atoms with E-state index in [-0.39, 0.29) is 0 Å². The normalized spacial score (nSPS) is 13.7. The van der Waals surface area contributed by atoms with Gasteiger partial charge in [0.2, 0.25) is 0 Å². The molecule has 1 atom stereocenters. The van der Waals surface area contributed by atoms with Gasteiger partial charge in [0.25, 0.3) is 0 Å². The van der Waals surface area contributed by atoms with Crippen molar-refractivity contribution in [3.63, 3.8) is 0 Å². The molecule has 19 heavy (non-hydrogen) atoms. The number of alkyl halides is 3. The van der Waals surface area contributed by atoms with Gasteiger partial charge in [-0.05, 0) is 29.4 Å². The molecule has 0 aliphatic carbocycles. The highest BCUT2D eigenvalue weighted by atomic mass is 79.9. The number of rotatable bonds is 3. The van der Waals surface area contributed by atoms with Gasteiger partial charge in [-0.15, -0.1) is 0 Å². The summed E-state index contributed by atoms with van der Waals surface area (Å²) < 4.78 is 38.7. The molecule has 0 fully saturated rings. The highest BCUT2D eigenvalue weighted by molar-refractivity contribution is 9.10. The Labute approximate surface area is 117 Å². The summed E-state index contributed by atoms with van der Waals surface area (Å²) in [5, 5.41) is 4.50. The molecule has 0 saturated carbocycles. The number of fused-ring (bicyclic) bond motifs is 1. The van der Waals surface area contributed by atoms with Crippen molar-refractivity contribution in [2.75, 3.05) is 7.05 Å². The molecule has 0 radical (unpaired) electrons. The molecule has 1 unspecified atom stereocenters. The first-order chi connectivity index (χ1) is 8.92. The van der Waals surface area contributed by atoms with E-state index in [1.165, 1.54) is 0 Å². The van der Waals surface area contributed by atoms with Gasteiger partial charge in [0, 0.05) is 10.5 Å². The minimum absolute atomic E-state index is 0.665. The van der Waals surface area contributed by atoms with Crippen LogP contribution in [0.1, 0.15) is 18.0 Å². The third-order valence-electron chi connectivity index (χ3n) is 3.06. The third kappa shape index (κ3) is 3.28. The van der Waals surface area contributed by atoms with Crippen LogP contribution < -0.4 is 5.32 Å². The van der Waals surface area contributed by atoms with Gasteiger partial charge in [0.15, 0.2) is 0 Å². The van der Waals surface area contributed by atoms with Crippen LogP contribution in [-0.2, 0) is 0 Å². The van der Waals surface area contributed by atoms with E-state index in [1.807, 2.05) is 24.3 Å². The Morgan fingerprint density at radius 2 is 1.74 bits per heavy atom. The molecule has 1 N–H and O–H groups in total. The Morgan fingerprint density at radius 1 is 1.11 bits per heavy atom. The Hall–Kier alpha value is -1.07. The fourth-order valence-electron chi connectivity index (χ4n) is 2.19. The van der Waals surface area contributed by atoms with Crippen molar-refractivity contribution in [2.24, 2.45) is 0 Å². The van der Waals surface area contributed by atoms with Crippen LogP contribution in [0.3, 0.4) is 0 Å². The summed E-state index contributed by atoms with van der Waals surface area (Å²) in [6.45, 7) is 0. The first-order valence-corrected chi connectivity index (χ1v) is 6.63.